The van der Waals surface area contributed by atoms with Crippen LogP contribution in [-0.2, 0) is 11.4 Å². The van der Waals surface area contributed by atoms with Crippen LogP contribution in [0.3, 0.4) is 0 Å². The van der Waals surface area contributed by atoms with Crippen LogP contribution in [0.25, 0.3) is 0 Å². The average Bonchev–Trinajstić information content (AvgIpc) is 2.71. The van der Waals surface area contributed by atoms with E-state index >= 15 is 0 Å². The maximum Gasteiger partial charge on any atom is 0.161 e. The molecule has 1 aliphatic heterocycles. The predicted molar refractivity (Wildman–Crippen MR) is 117 cm³/mol. The van der Waals surface area contributed by atoms with Gasteiger partial charge in [-0.3, -0.25) is 9.79 Å². The molecule has 0 N–H and O–H groups in total. The number of Topliss-reactive ketones (excluding diaryl/α,β-unsaturated/α-hetero) is 1. The summed E-state index contributed by atoms with van der Waals surface area (Å²) in [5, 5.41) is 9.85. The number of ketones is 1. The summed E-state index contributed by atoms with van der Waals surface area (Å²) in [7, 11) is 0. The molecule has 1 aliphatic carbocycles. The highest BCUT2D eigenvalue weighted by Crippen LogP contribution is 2.47. The van der Waals surface area contributed by atoms with Crippen molar-refractivity contribution in [2.45, 2.75) is 46.1 Å². The van der Waals surface area contributed by atoms with Gasteiger partial charge in [0.25, 0.3) is 0 Å². The summed E-state index contributed by atoms with van der Waals surface area (Å²) in [6.45, 7) is 6.60. The first-order valence-corrected chi connectivity index (χ1v) is 10.4. The van der Waals surface area contributed by atoms with Crippen LogP contribution in [0.15, 0.2) is 70.9 Å². The zero-order chi connectivity index (χ0) is 21.3. The number of ether oxygens (including phenoxy) is 1. The van der Waals surface area contributed by atoms with Crippen molar-refractivity contribution in [3.63, 3.8) is 0 Å². The Morgan fingerprint density at radius 2 is 1.80 bits per heavy atom. The number of aliphatic imine (C=N–C) groups is 1. The molecule has 0 amide bonds. The van der Waals surface area contributed by atoms with Crippen LogP contribution in [0.4, 0.5) is 0 Å². The van der Waals surface area contributed by atoms with Gasteiger partial charge in [-0.1, -0.05) is 56.3 Å². The number of benzene rings is 2. The number of hydrogen-bond donors (Lipinski definition) is 0. The third-order valence-electron chi connectivity index (χ3n) is 5.93. The molecule has 0 radical (unpaired) electrons. The van der Waals surface area contributed by atoms with Crippen molar-refractivity contribution in [3.8, 4) is 11.8 Å². The van der Waals surface area contributed by atoms with E-state index in [0.717, 1.165) is 40.3 Å². The van der Waals surface area contributed by atoms with Gasteiger partial charge >= 0.3 is 0 Å². The highest BCUT2D eigenvalue weighted by Gasteiger charge is 2.43. The lowest BCUT2D eigenvalue weighted by Gasteiger charge is -2.37. The molecule has 0 saturated carbocycles. The fourth-order valence-corrected chi connectivity index (χ4v) is 4.48. The van der Waals surface area contributed by atoms with Crippen LogP contribution < -0.4 is 4.74 Å². The zero-order valence-electron chi connectivity index (χ0n) is 17.7. The monoisotopic (exact) mass is 398 g/mol. The summed E-state index contributed by atoms with van der Waals surface area (Å²) in [5.41, 5.74) is 4.34. The molecule has 2 aromatic rings. The van der Waals surface area contributed by atoms with Crippen LogP contribution in [0.5, 0.6) is 5.75 Å². The van der Waals surface area contributed by atoms with E-state index in [2.05, 4.69) is 24.9 Å². The maximum absolute atomic E-state index is 13.1. The second-order valence-electron chi connectivity index (χ2n) is 8.98. The molecule has 4 heteroatoms. The van der Waals surface area contributed by atoms with E-state index in [-0.39, 0.29) is 17.1 Å². The Kier molecular flexibility index (Phi) is 5.30. The highest BCUT2D eigenvalue weighted by atomic mass is 16.5. The molecular weight excluding hydrogens is 372 g/mol. The fourth-order valence-electron chi connectivity index (χ4n) is 4.48. The van der Waals surface area contributed by atoms with Crippen molar-refractivity contribution in [1.82, 2.24) is 0 Å². The minimum absolute atomic E-state index is 0.0984. The van der Waals surface area contributed by atoms with E-state index in [0.29, 0.717) is 13.0 Å². The molecule has 4 nitrogen and oxygen atoms in total. The molecule has 0 spiro atoms. The minimum Gasteiger partial charge on any atom is -0.489 e. The smallest absolute Gasteiger partial charge is 0.161 e. The molecule has 0 saturated heterocycles. The third kappa shape index (κ3) is 3.93. The molecular formula is C26H26N2O2. The average molecular weight is 399 g/mol. The second-order valence-corrected chi connectivity index (χ2v) is 8.98. The molecule has 0 fully saturated rings. The van der Waals surface area contributed by atoms with E-state index in [1.54, 1.807) is 0 Å². The largest absolute Gasteiger partial charge is 0.489 e. The van der Waals surface area contributed by atoms with E-state index in [9.17, 15) is 10.1 Å². The lowest BCUT2D eigenvalue weighted by atomic mass is 9.67. The van der Waals surface area contributed by atoms with Gasteiger partial charge in [0.05, 0.1) is 12.0 Å². The number of carbonyl (C=O) groups excluding carboxylic acids is 1. The summed E-state index contributed by atoms with van der Waals surface area (Å²) in [5.74, 6) is 0.189. The van der Waals surface area contributed by atoms with Crippen molar-refractivity contribution in [2.75, 3.05) is 0 Å². The highest BCUT2D eigenvalue weighted by molar-refractivity contribution is 6.03. The Hall–Kier alpha value is -3.19. The van der Waals surface area contributed by atoms with Gasteiger partial charge in [-0.15, -0.1) is 0 Å². The Morgan fingerprint density at radius 3 is 2.47 bits per heavy atom. The molecule has 30 heavy (non-hydrogen) atoms. The SMILES string of the molecule is CC1=NC2=C(C(=O)CC(C)(C)C2)[C@H](c2ccc(OCc3ccccc3)cc2)C1C#N. The quantitative estimate of drug-likeness (QED) is 0.673. The maximum atomic E-state index is 13.1. The van der Waals surface area contributed by atoms with Gasteiger partial charge in [0.1, 0.15) is 12.4 Å². The van der Waals surface area contributed by atoms with Gasteiger partial charge in [-0.25, -0.2) is 0 Å². The topological polar surface area (TPSA) is 62.4 Å². The van der Waals surface area contributed by atoms with Crippen LogP contribution in [0.1, 0.15) is 50.7 Å². The number of nitriles is 1. The summed E-state index contributed by atoms with van der Waals surface area (Å²) < 4.78 is 5.90. The fraction of sp³-hybridized carbons (Fsp3) is 0.346. The summed E-state index contributed by atoms with van der Waals surface area (Å²) in [4.78, 5) is 17.7. The Morgan fingerprint density at radius 1 is 1.10 bits per heavy atom. The minimum atomic E-state index is -0.426. The summed E-state index contributed by atoms with van der Waals surface area (Å²) >= 11 is 0. The van der Waals surface area contributed by atoms with Gasteiger partial charge in [0.2, 0.25) is 0 Å². The van der Waals surface area contributed by atoms with E-state index in [1.807, 2.05) is 61.5 Å². The van der Waals surface area contributed by atoms with Gasteiger partial charge in [0.15, 0.2) is 5.78 Å². The Bertz CT molecular complexity index is 1060. The molecule has 0 aromatic heterocycles. The van der Waals surface area contributed by atoms with Crippen LogP contribution in [0.2, 0.25) is 0 Å². The lowest BCUT2D eigenvalue weighted by Crippen LogP contribution is -2.35. The number of carbonyl (C=O) groups is 1. The normalized spacial score (nSPS) is 22.7. The molecule has 4 rings (SSSR count). The summed E-state index contributed by atoms with van der Waals surface area (Å²) in [6, 6.07) is 20.2. The zero-order valence-corrected chi connectivity index (χ0v) is 17.7. The summed E-state index contributed by atoms with van der Waals surface area (Å²) in [6.07, 6.45) is 1.26. The van der Waals surface area contributed by atoms with E-state index in [4.69, 9.17) is 4.74 Å². The van der Waals surface area contributed by atoms with Gasteiger partial charge in [0, 0.05) is 29.3 Å². The number of allylic oxidation sites excluding steroid dienone is 2. The van der Waals surface area contributed by atoms with E-state index in [1.165, 1.54) is 0 Å². The van der Waals surface area contributed by atoms with Gasteiger partial charge in [-0.05, 0) is 42.0 Å². The van der Waals surface area contributed by atoms with Crippen molar-refractivity contribution in [2.24, 2.45) is 16.3 Å². The van der Waals surface area contributed by atoms with Crippen LogP contribution in [-0.4, -0.2) is 11.5 Å². The molecule has 2 aliphatic rings. The number of nitrogens with zero attached hydrogens (tertiary/aromatic N) is 2. The number of hydrogen-bond acceptors (Lipinski definition) is 4. The van der Waals surface area contributed by atoms with Crippen LogP contribution in [0, 0.1) is 22.7 Å². The van der Waals surface area contributed by atoms with Gasteiger partial charge < -0.3 is 4.74 Å². The first kappa shape index (κ1) is 20.1. The number of rotatable bonds is 4. The van der Waals surface area contributed by atoms with Crippen molar-refractivity contribution in [1.29, 1.82) is 5.26 Å². The molecule has 0 bridgehead atoms. The van der Waals surface area contributed by atoms with E-state index < -0.39 is 5.92 Å². The first-order valence-electron chi connectivity index (χ1n) is 10.4. The molecule has 1 unspecified atom stereocenters. The lowest BCUT2D eigenvalue weighted by molar-refractivity contribution is -0.118. The van der Waals surface area contributed by atoms with Crippen molar-refractivity contribution >= 4 is 11.5 Å². The standard InChI is InChI=1S/C26H26N2O2/c1-17-21(15-27)24(25-22(28-17)13-26(2,3)14-23(25)29)19-9-11-20(12-10-19)30-16-18-7-5-4-6-8-18/h4-12,21,24H,13-14,16H2,1-3H3/t21?,24-/m1/s1. The molecule has 1 heterocycles. The van der Waals surface area contributed by atoms with Gasteiger partial charge in [-0.2, -0.15) is 5.26 Å². The molecule has 2 atom stereocenters. The second kappa shape index (κ2) is 7.91. The Balaban J connectivity index is 1.62. The van der Waals surface area contributed by atoms with Crippen molar-refractivity contribution < 1.29 is 9.53 Å². The Labute approximate surface area is 177 Å². The third-order valence-corrected chi connectivity index (χ3v) is 5.93. The van der Waals surface area contributed by atoms with Crippen molar-refractivity contribution in [3.05, 3.63) is 77.0 Å². The first-order chi connectivity index (χ1) is 14.4. The molecule has 2 aromatic carbocycles. The van der Waals surface area contributed by atoms with Crippen LogP contribution >= 0.6 is 0 Å². The predicted octanol–water partition coefficient (Wildman–Crippen LogP) is 5.61. The molecule has 152 valence electrons.